The minimum Gasteiger partial charge on any atom is -0.491 e. The van der Waals surface area contributed by atoms with Gasteiger partial charge in [0.05, 0.1) is 17.8 Å². The Balaban J connectivity index is 1.62. The number of nitrogens with one attached hydrogen (secondary N) is 2. The molecule has 12 heteroatoms. The number of aliphatic hydroxyl groups is 1. The molecule has 244 valence electrons. The van der Waals surface area contributed by atoms with Crippen LogP contribution in [-0.4, -0.2) is 77.2 Å². The predicted molar refractivity (Wildman–Crippen MR) is 174 cm³/mol. The minimum absolute atomic E-state index is 0.116. The first kappa shape index (κ1) is 34.0. The number of anilines is 2. The molecule has 1 heterocycles. The van der Waals surface area contributed by atoms with Gasteiger partial charge in [0, 0.05) is 44.3 Å². The molecule has 0 saturated carbocycles. The number of hydrogen-bond acceptors (Lipinski definition) is 6. The summed E-state index contributed by atoms with van der Waals surface area (Å²) < 4.78 is 49.7. The molecule has 1 aliphatic heterocycles. The highest BCUT2D eigenvalue weighted by Crippen LogP contribution is 2.29. The van der Waals surface area contributed by atoms with Crippen molar-refractivity contribution in [2.24, 2.45) is 0 Å². The second-order valence-corrected chi connectivity index (χ2v) is 15.8. The van der Waals surface area contributed by atoms with Crippen LogP contribution in [0.5, 0.6) is 5.75 Å². The monoisotopic (exact) mass is 643 g/mol. The Bertz CT molecular complexity index is 1570. The molecule has 2 unspecified atom stereocenters. The van der Waals surface area contributed by atoms with Gasteiger partial charge in [-0.15, -0.1) is 9.53 Å². The molecule has 0 radical (unpaired) electrons. The normalized spacial score (nSPS) is 18.1. The van der Waals surface area contributed by atoms with Gasteiger partial charge in [0.1, 0.15) is 24.3 Å². The van der Waals surface area contributed by atoms with Gasteiger partial charge in [-0.2, -0.15) is 4.21 Å². The van der Waals surface area contributed by atoms with Crippen LogP contribution in [0.1, 0.15) is 40.7 Å². The molecule has 0 aliphatic carbocycles. The quantitative estimate of drug-likeness (QED) is 0.289. The molecular weight excluding hydrogens is 601 g/mol. The van der Waals surface area contributed by atoms with Crippen LogP contribution in [0.15, 0.2) is 66.7 Å². The highest BCUT2D eigenvalue weighted by molar-refractivity contribution is 8.15. The number of halogens is 1. The molecule has 0 fully saturated rings. The molecule has 4 bridgehead atoms. The van der Waals surface area contributed by atoms with Crippen molar-refractivity contribution in [1.29, 1.82) is 0 Å². The van der Waals surface area contributed by atoms with E-state index in [4.69, 9.17) is 9.47 Å². The van der Waals surface area contributed by atoms with Crippen LogP contribution in [0.2, 0.25) is 0 Å². The van der Waals surface area contributed by atoms with E-state index >= 15 is 0 Å². The number of rotatable bonds is 8. The van der Waals surface area contributed by atoms with E-state index in [0.29, 0.717) is 23.5 Å². The number of fused-ring (bicyclic) bond motifs is 4. The van der Waals surface area contributed by atoms with Crippen LogP contribution in [0.25, 0.3) is 0 Å². The molecule has 3 aromatic carbocycles. The number of carbonyl (C=O) groups excluding carboxylic acids is 2. The third kappa shape index (κ3) is 9.57. The molecule has 0 saturated heterocycles. The van der Waals surface area contributed by atoms with Crippen molar-refractivity contribution in [1.82, 2.24) is 5.32 Å². The third-order valence-corrected chi connectivity index (χ3v) is 9.59. The lowest BCUT2D eigenvalue weighted by molar-refractivity contribution is -0.127. The van der Waals surface area contributed by atoms with Crippen molar-refractivity contribution in [2.45, 2.75) is 50.4 Å². The summed E-state index contributed by atoms with van der Waals surface area (Å²) >= 11 is 0. The van der Waals surface area contributed by atoms with Gasteiger partial charge >= 0.3 is 0 Å². The number of amides is 2. The van der Waals surface area contributed by atoms with Crippen LogP contribution in [-0.2, 0) is 31.9 Å². The summed E-state index contributed by atoms with van der Waals surface area (Å²) in [5, 5.41) is 16.8. The van der Waals surface area contributed by atoms with Gasteiger partial charge in [0.15, 0.2) is 0 Å². The average molecular weight is 644 g/mol. The molecule has 10 nitrogen and oxygen atoms in total. The van der Waals surface area contributed by atoms with Gasteiger partial charge in [-0.05, 0) is 91.4 Å². The van der Waals surface area contributed by atoms with Gasteiger partial charge in [-0.25, -0.2) is 4.39 Å². The van der Waals surface area contributed by atoms with E-state index < -0.39 is 45.4 Å². The maximum atomic E-state index is 13.7. The highest BCUT2D eigenvalue weighted by Gasteiger charge is 2.30. The van der Waals surface area contributed by atoms with Crippen molar-refractivity contribution in [3.05, 3.63) is 89.2 Å². The highest BCUT2D eigenvalue weighted by atomic mass is 32.3. The molecule has 4 N–H and O–H groups in total. The van der Waals surface area contributed by atoms with Crippen LogP contribution in [0.4, 0.5) is 15.8 Å². The van der Waals surface area contributed by atoms with Gasteiger partial charge in [0.25, 0.3) is 11.8 Å². The van der Waals surface area contributed by atoms with Crippen molar-refractivity contribution in [2.75, 3.05) is 42.9 Å². The van der Waals surface area contributed by atoms with Crippen molar-refractivity contribution < 1.29 is 37.3 Å². The number of hydrogen-bond donors (Lipinski definition) is 4. The second-order valence-electron chi connectivity index (χ2n) is 11.9. The first-order chi connectivity index (χ1) is 21.2. The van der Waals surface area contributed by atoms with Crippen LogP contribution in [0, 0.1) is 5.82 Å². The average Bonchev–Trinajstić information content (AvgIpc) is 2.99. The molecule has 0 spiro atoms. The fraction of sp³-hybridized carbons (Fsp3) is 0.394. The van der Waals surface area contributed by atoms with Crippen molar-refractivity contribution >= 4 is 32.7 Å². The Hall–Kier alpha value is -3.84. The molecule has 3 atom stereocenters. The van der Waals surface area contributed by atoms with Gasteiger partial charge in [-0.3, -0.25) is 18.4 Å². The zero-order chi connectivity index (χ0) is 32.8. The van der Waals surface area contributed by atoms with Crippen LogP contribution in [0.3, 0.4) is 0 Å². The standard InChI is InChI=1S/C33H42FN3O7S/c1-37(45(3,4,41)42)27-17-23-9-6-5-8-22-10-7-11-28(18-22)44-21-29(36-32(39)24(16-23)19-27)30(38)20-31(43-2)33(40)35-26-14-12-25(34)13-15-26/h7,10-19,29-31,38H,5-6,8-9,20-21H2,1-4H3,(H,35,40)(H,36,39)(H,41,42)/t29-,30?,31?/m0/s1. The number of nitrogens with zero attached hydrogens (tertiary/aromatic N) is 1. The lowest BCUT2D eigenvalue weighted by Crippen LogP contribution is -2.49. The summed E-state index contributed by atoms with van der Waals surface area (Å²) in [5.41, 5.74) is 2.92. The fourth-order valence-electron chi connectivity index (χ4n) is 5.02. The van der Waals surface area contributed by atoms with Gasteiger partial charge in [0.2, 0.25) is 0 Å². The predicted octanol–water partition coefficient (Wildman–Crippen LogP) is 4.19. The third-order valence-electron chi connectivity index (χ3n) is 7.82. The fourth-order valence-corrected chi connectivity index (χ4v) is 5.73. The SMILES string of the molecule is COC(CC(O)[C@@H]1COc2cccc(c2)CCCCc2cc(cc(N(C)S(C)(C)(=O)O)c2)C(=O)N1)C(=O)Nc1ccc(F)cc1. The topological polar surface area (TPSA) is 137 Å². The van der Waals surface area contributed by atoms with E-state index in [9.17, 15) is 27.8 Å². The smallest absolute Gasteiger partial charge is 0.253 e. The summed E-state index contributed by atoms with van der Waals surface area (Å²) in [6, 6.07) is 17.0. The number of ether oxygens (including phenoxy) is 2. The molecule has 3 aromatic rings. The molecular formula is C33H42FN3O7S. The summed E-state index contributed by atoms with van der Waals surface area (Å²) in [7, 11) is -1.33. The number of carbonyl (C=O) groups is 2. The van der Waals surface area contributed by atoms with E-state index in [1.165, 1.54) is 61.3 Å². The number of benzene rings is 3. The second kappa shape index (κ2) is 14.1. The van der Waals surface area contributed by atoms with E-state index in [0.717, 1.165) is 30.4 Å². The largest absolute Gasteiger partial charge is 0.491 e. The minimum atomic E-state index is -4.17. The van der Waals surface area contributed by atoms with Crippen LogP contribution >= 0.6 is 0 Å². The molecule has 4 rings (SSSR count). The van der Waals surface area contributed by atoms with Gasteiger partial charge in [-0.1, -0.05) is 12.1 Å². The summed E-state index contributed by atoms with van der Waals surface area (Å²) in [6.07, 6.45) is 3.08. The number of aryl methyl sites for hydroxylation is 2. The lowest BCUT2D eigenvalue weighted by Gasteiger charge is -2.44. The van der Waals surface area contributed by atoms with E-state index in [-0.39, 0.29) is 18.6 Å². The molecule has 2 amide bonds. The van der Waals surface area contributed by atoms with Gasteiger partial charge < -0.3 is 25.2 Å². The summed E-state index contributed by atoms with van der Waals surface area (Å²) in [6.45, 7) is -0.116. The Kier molecular flexibility index (Phi) is 10.6. The van der Waals surface area contributed by atoms with E-state index in [1.807, 2.05) is 24.3 Å². The Morgan fingerprint density at radius 2 is 1.80 bits per heavy atom. The Morgan fingerprint density at radius 3 is 2.47 bits per heavy atom. The first-order valence-corrected chi connectivity index (χ1v) is 17.4. The Labute approximate surface area is 263 Å². The lowest BCUT2D eigenvalue weighted by atomic mass is 10.0. The molecule has 0 aromatic heterocycles. The number of methoxy groups -OCH3 is 1. The summed E-state index contributed by atoms with van der Waals surface area (Å²) in [4.78, 5) is 26.7. The zero-order valence-corrected chi connectivity index (χ0v) is 26.8. The van der Waals surface area contributed by atoms with Crippen molar-refractivity contribution in [3.8, 4) is 5.75 Å². The first-order valence-electron chi connectivity index (χ1n) is 14.7. The van der Waals surface area contributed by atoms with E-state index in [2.05, 4.69) is 10.6 Å². The maximum absolute atomic E-state index is 13.7. The van der Waals surface area contributed by atoms with Crippen LogP contribution < -0.4 is 19.7 Å². The van der Waals surface area contributed by atoms with Crippen molar-refractivity contribution in [3.63, 3.8) is 0 Å². The molecule has 45 heavy (non-hydrogen) atoms. The summed E-state index contributed by atoms with van der Waals surface area (Å²) in [5.74, 6) is -0.954. The number of aliphatic hydroxyl groups excluding tert-OH is 1. The Morgan fingerprint density at radius 1 is 1.11 bits per heavy atom. The zero-order valence-electron chi connectivity index (χ0n) is 26.0. The van der Waals surface area contributed by atoms with E-state index in [1.54, 1.807) is 12.1 Å². The molecule has 1 aliphatic rings. The maximum Gasteiger partial charge on any atom is 0.253 e.